The second-order valence-corrected chi connectivity index (χ2v) is 6.47. The van der Waals surface area contributed by atoms with E-state index < -0.39 is 11.8 Å². The van der Waals surface area contributed by atoms with Gasteiger partial charge in [0.15, 0.2) is 10.9 Å². The van der Waals surface area contributed by atoms with E-state index in [9.17, 15) is 9.18 Å². The van der Waals surface area contributed by atoms with Gasteiger partial charge >= 0.3 is 6.03 Å². The van der Waals surface area contributed by atoms with Gasteiger partial charge in [-0.25, -0.2) is 14.2 Å². The fraction of sp³-hybridized carbons (Fsp3) is 0. The number of aromatic nitrogens is 1. The molecule has 0 radical (unpaired) electrons. The number of nitrogens with zero attached hydrogens (tertiary/aromatic N) is 1. The van der Waals surface area contributed by atoms with Crippen LogP contribution < -0.4 is 15.4 Å². The molecule has 0 saturated heterocycles. The van der Waals surface area contributed by atoms with Crippen molar-refractivity contribution >= 4 is 51.4 Å². The van der Waals surface area contributed by atoms with Crippen LogP contribution in [0, 0.1) is 5.82 Å². The van der Waals surface area contributed by atoms with E-state index in [0.29, 0.717) is 15.9 Å². The van der Waals surface area contributed by atoms with E-state index in [1.54, 1.807) is 23.7 Å². The molecule has 0 atom stereocenters. The molecule has 25 heavy (non-hydrogen) atoms. The molecule has 0 unspecified atom stereocenters. The lowest BCUT2D eigenvalue weighted by Gasteiger charge is -2.13. The third-order valence-corrected chi connectivity index (χ3v) is 4.18. The summed E-state index contributed by atoms with van der Waals surface area (Å²) >= 11 is 13.2. The lowest BCUT2D eigenvalue weighted by molar-refractivity contribution is 0.262. The van der Waals surface area contributed by atoms with Gasteiger partial charge in [0.2, 0.25) is 0 Å². The van der Waals surface area contributed by atoms with E-state index in [4.69, 9.17) is 27.9 Å². The van der Waals surface area contributed by atoms with Crippen LogP contribution >= 0.6 is 34.5 Å². The number of urea groups is 1. The molecule has 5 nitrogen and oxygen atoms in total. The number of rotatable bonds is 4. The van der Waals surface area contributed by atoms with Crippen LogP contribution in [0.3, 0.4) is 0 Å². The molecular formula is C16H10Cl2FN3O2S. The van der Waals surface area contributed by atoms with Crippen LogP contribution in [0.15, 0.2) is 48.0 Å². The van der Waals surface area contributed by atoms with Crippen molar-refractivity contribution < 1.29 is 13.9 Å². The van der Waals surface area contributed by atoms with E-state index >= 15 is 0 Å². The second-order valence-electron chi connectivity index (χ2n) is 4.73. The Kier molecular flexibility index (Phi) is 5.37. The molecule has 3 rings (SSSR count). The third kappa shape index (κ3) is 4.60. The van der Waals surface area contributed by atoms with E-state index in [0.717, 1.165) is 6.07 Å². The van der Waals surface area contributed by atoms with Crippen LogP contribution in [0.5, 0.6) is 11.5 Å². The maximum Gasteiger partial charge on any atom is 0.325 e. The highest BCUT2D eigenvalue weighted by Crippen LogP contribution is 2.35. The van der Waals surface area contributed by atoms with Crippen molar-refractivity contribution in [2.24, 2.45) is 0 Å². The number of amides is 2. The summed E-state index contributed by atoms with van der Waals surface area (Å²) in [7, 11) is 0. The van der Waals surface area contributed by atoms with Crippen molar-refractivity contribution in [1.29, 1.82) is 0 Å². The van der Waals surface area contributed by atoms with Crippen molar-refractivity contribution in [1.82, 2.24) is 4.98 Å². The monoisotopic (exact) mass is 397 g/mol. The van der Waals surface area contributed by atoms with Crippen molar-refractivity contribution in [2.75, 3.05) is 10.6 Å². The SMILES string of the molecule is O=C(Nc1nccs1)Nc1cc(F)ccc1Oc1ccc(Cl)cc1Cl. The number of nitrogens with one attached hydrogen (secondary N) is 2. The Morgan fingerprint density at radius 2 is 1.92 bits per heavy atom. The molecular weight excluding hydrogens is 388 g/mol. The Morgan fingerprint density at radius 1 is 1.12 bits per heavy atom. The van der Waals surface area contributed by atoms with Crippen LogP contribution in [0.2, 0.25) is 10.0 Å². The third-order valence-electron chi connectivity index (χ3n) is 2.96. The van der Waals surface area contributed by atoms with Gasteiger partial charge in [-0.3, -0.25) is 5.32 Å². The average molecular weight is 398 g/mol. The second kappa shape index (κ2) is 7.69. The van der Waals surface area contributed by atoms with Crippen molar-refractivity contribution in [3.63, 3.8) is 0 Å². The van der Waals surface area contributed by atoms with Gasteiger partial charge in [-0.2, -0.15) is 0 Å². The van der Waals surface area contributed by atoms with Crippen LogP contribution in [0.1, 0.15) is 0 Å². The molecule has 0 bridgehead atoms. The smallest absolute Gasteiger partial charge is 0.325 e. The van der Waals surface area contributed by atoms with Crippen LogP contribution in [-0.2, 0) is 0 Å². The Balaban J connectivity index is 1.81. The fourth-order valence-electron chi connectivity index (χ4n) is 1.90. The molecule has 1 aromatic heterocycles. The summed E-state index contributed by atoms with van der Waals surface area (Å²) in [5, 5.41) is 7.93. The Labute approximate surface area is 156 Å². The van der Waals surface area contributed by atoms with Crippen molar-refractivity contribution in [3.8, 4) is 11.5 Å². The summed E-state index contributed by atoms with van der Waals surface area (Å²) in [5.74, 6) is 0.0140. The van der Waals surface area contributed by atoms with E-state index in [2.05, 4.69) is 15.6 Å². The number of carbonyl (C=O) groups excluding carboxylic acids is 1. The largest absolute Gasteiger partial charge is 0.454 e. The lowest BCUT2D eigenvalue weighted by Crippen LogP contribution is -2.19. The maximum atomic E-state index is 13.6. The molecule has 0 aliphatic rings. The summed E-state index contributed by atoms with van der Waals surface area (Å²) < 4.78 is 19.2. The van der Waals surface area contributed by atoms with E-state index in [-0.39, 0.29) is 16.5 Å². The number of carbonyl (C=O) groups is 1. The number of hydrogen-bond donors (Lipinski definition) is 2. The molecule has 2 N–H and O–H groups in total. The van der Waals surface area contributed by atoms with Crippen molar-refractivity contribution in [2.45, 2.75) is 0 Å². The van der Waals surface area contributed by atoms with Crippen LogP contribution in [0.4, 0.5) is 20.0 Å². The van der Waals surface area contributed by atoms with Crippen molar-refractivity contribution in [3.05, 3.63) is 63.8 Å². The van der Waals surface area contributed by atoms with E-state index in [1.165, 1.54) is 29.5 Å². The lowest BCUT2D eigenvalue weighted by atomic mass is 10.2. The minimum absolute atomic E-state index is 0.139. The van der Waals surface area contributed by atoms with Gasteiger partial charge in [0.25, 0.3) is 0 Å². The quantitative estimate of drug-likeness (QED) is 0.565. The van der Waals surface area contributed by atoms with Gasteiger partial charge in [0.1, 0.15) is 11.6 Å². The van der Waals surface area contributed by atoms with Gasteiger partial charge in [-0.1, -0.05) is 23.2 Å². The zero-order valence-electron chi connectivity index (χ0n) is 12.4. The summed E-state index contributed by atoms with van der Waals surface area (Å²) in [6.07, 6.45) is 1.56. The molecule has 0 spiro atoms. The number of ether oxygens (including phenoxy) is 1. The van der Waals surface area contributed by atoms with Gasteiger partial charge in [-0.15, -0.1) is 11.3 Å². The number of halogens is 3. The Bertz CT molecular complexity index is 906. The van der Waals surface area contributed by atoms with Crippen LogP contribution in [-0.4, -0.2) is 11.0 Å². The molecule has 0 aliphatic heterocycles. The predicted molar refractivity (Wildman–Crippen MR) is 97.7 cm³/mol. The molecule has 0 saturated carbocycles. The maximum absolute atomic E-state index is 13.6. The first-order valence-electron chi connectivity index (χ1n) is 6.91. The van der Waals surface area contributed by atoms with Gasteiger partial charge in [-0.05, 0) is 30.3 Å². The fourth-order valence-corrected chi connectivity index (χ4v) is 2.87. The van der Waals surface area contributed by atoms with Gasteiger partial charge < -0.3 is 10.1 Å². The first-order chi connectivity index (χ1) is 12.0. The molecule has 9 heteroatoms. The van der Waals surface area contributed by atoms with Gasteiger partial charge in [0, 0.05) is 22.7 Å². The normalized spacial score (nSPS) is 10.4. The number of anilines is 2. The minimum atomic E-state index is -0.576. The summed E-state index contributed by atoms with van der Waals surface area (Å²) in [4.78, 5) is 16.0. The number of thiazole rings is 1. The molecule has 2 aromatic carbocycles. The first kappa shape index (κ1) is 17.5. The zero-order chi connectivity index (χ0) is 17.8. The zero-order valence-corrected chi connectivity index (χ0v) is 14.8. The highest BCUT2D eigenvalue weighted by Gasteiger charge is 2.13. The molecule has 2 amide bonds. The minimum Gasteiger partial charge on any atom is -0.454 e. The summed E-state index contributed by atoms with van der Waals surface area (Å²) in [6, 6.07) is 7.86. The average Bonchev–Trinajstić information content (AvgIpc) is 3.05. The number of benzene rings is 2. The first-order valence-corrected chi connectivity index (χ1v) is 8.55. The highest BCUT2D eigenvalue weighted by molar-refractivity contribution is 7.13. The highest BCUT2D eigenvalue weighted by atomic mass is 35.5. The number of hydrogen-bond acceptors (Lipinski definition) is 4. The van der Waals surface area contributed by atoms with Crippen LogP contribution in [0.25, 0.3) is 0 Å². The summed E-state index contributed by atoms with van der Waals surface area (Å²) in [6.45, 7) is 0. The topological polar surface area (TPSA) is 63.2 Å². The molecule has 0 fully saturated rings. The Morgan fingerprint density at radius 3 is 2.64 bits per heavy atom. The molecule has 128 valence electrons. The summed E-state index contributed by atoms with van der Waals surface area (Å²) in [5.41, 5.74) is 0.139. The standard InChI is InChI=1S/C16H10Cl2FN3O2S/c17-9-1-3-13(11(18)7-9)24-14-4-2-10(19)8-12(14)21-15(23)22-16-20-5-6-25-16/h1-8H,(H2,20,21,22,23). The molecule has 3 aromatic rings. The molecule has 0 aliphatic carbocycles. The van der Waals surface area contributed by atoms with Gasteiger partial charge in [0.05, 0.1) is 10.7 Å². The van der Waals surface area contributed by atoms with E-state index in [1.807, 2.05) is 0 Å². The predicted octanol–water partition coefficient (Wildman–Crippen LogP) is 6.03. The molecule has 1 heterocycles. The Hall–Kier alpha value is -2.35.